The van der Waals surface area contributed by atoms with E-state index >= 15 is 0 Å². The molecule has 0 saturated heterocycles. The molecule has 0 aliphatic heterocycles. The fourth-order valence-electron chi connectivity index (χ4n) is 2.28. The zero-order valence-electron chi connectivity index (χ0n) is 15.0. The summed E-state index contributed by atoms with van der Waals surface area (Å²) in [5, 5.41) is 2.70. The highest BCUT2D eigenvalue weighted by molar-refractivity contribution is 6.30. The van der Waals surface area contributed by atoms with Crippen molar-refractivity contribution >= 4 is 41.2 Å². The number of primary amides is 1. The van der Waals surface area contributed by atoms with E-state index in [1.165, 1.54) is 31.2 Å². The van der Waals surface area contributed by atoms with E-state index in [0.29, 0.717) is 5.02 Å². The number of nitrogens with two attached hydrogens (primary N) is 1. The molecule has 2 amide bonds. The third-order valence-corrected chi connectivity index (χ3v) is 3.73. The summed E-state index contributed by atoms with van der Waals surface area (Å²) in [5.41, 5.74) is 4.99. The van der Waals surface area contributed by atoms with E-state index in [1.54, 1.807) is 6.92 Å². The maximum absolute atomic E-state index is 12.1. The molecule has 2 rings (SSSR count). The van der Waals surface area contributed by atoms with E-state index < -0.39 is 30.4 Å². The summed E-state index contributed by atoms with van der Waals surface area (Å²) in [6.45, 7) is 2.42. The molecule has 9 nitrogen and oxygen atoms in total. The van der Waals surface area contributed by atoms with Gasteiger partial charge >= 0.3 is 11.9 Å². The summed E-state index contributed by atoms with van der Waals surface area (Å²) in [7, 11) is 0. The minimum Gasteiger partial charge on any atom is -0.462 e. The van der Waals surface area contributed by atoms with E-state index in [4.69, 9.17) is 31.2 Å². The molecule has 0 aliphatic rings. The number of esters is 2. The minimum atomic E-state index is -0.992. The van der Waals surface area contributed by atoms with Crippen LogP contribution in [0.1, 0.15) is 43.8 Å². The monoisotopic (exact) mass is 408 g/mol. The lowest BCUT2D eigenvalue weighted by Crippen LogP contribution is -2.23. The third-order valence-electron chi connectivity index (χ3n) is 3.48. The smallest absolute Gasteiger partial charge is 0.342 e. The third kappa shape index (κ3) is 4.89. The lowest BCUT2D eigenvalue weighted by atomic mass is 10.1. The van der Waals surface area contributed by atoms with Crippen molar-refractivity contribution in [1.82, 2.24) is 0 Å². The Labute approximate surface area is 164 Å². The fraction of sp³-hybridized carbons (Fsp3) is 0.222. The number of furan rings is 1. The Balaban J connectivity index is 2.10. The number of rotatable bonds is 7. The van der Waals surface area contributed by atoms with E-state index in [2.05, 4.69) is 5.32 Å². The normalized spacial score (nSPS) is 10.2. The van der Waals surface area contributed by atoms with Crippen LogP contribution in [0.5, 0.6) is 0 Å². The van der Waals surface area contributed by atoms with Crippen LogP contribution in [0.2, 0.25) is 5.02 Å². The lowest BCUT2D eigenvalue weighted by molar-refractivity contribution is -0.119. The molecular formula is C18H17ClN2O7. The number of anilines is 1. The summed E-state index contributed by atoms with van der Waals surface area (Å²) in [4.78, 5) is 47.7. The molecule has 0 fully saturated rings. The van der Waals surface area contributed by atoms with Crippen LogP contribution in [0.15, 0.2) is 28.7 Å². The van der Waals surface area contributed by atoms with Crippen molar-refractivity contribution in [2.75, 3.05) is 18.5 Å². The van der Waals surface area contributed by atoms with Crippen LogP contribution in [0.3, 0.4) is 0 Å². The van der Waals surface area contributed by atoms with Gasteiger partial charge in [-0.1, -0.05) is 11.6 Å². The van der Waals surface area contributed by atoms with Crippen molar-refractivity contribution in [3.05, 3.63) is 51.7 Å². The summed E-state index contributed by atoms with van der Waals surface area (Å²) >= 11 is 5.73. The average Bonchev–Trinajstić information content (AvgIpc) is 2.96. The molecular weight excluding hydrogens is 392 g/mol. The summed E-state index contributed by atoms with van der Waals surface area (Å²) in [6.07, 6.45) is 0. The Morgan fingerprint density at radius 2 is 1.71 bits per heavy atom. The lowest BCUT2D eigenvalue weighted by Gasteiger charge is -2.06. The zero-order valence-corrected chi connectivity index (χ0v) is 15.8. The second-order valence-electron chi connectivity index (χ2n) is 5.45. The van der Waals surface area contributed by atoms with Crippen LogP contribution < -0.4 is 11.1 Å². The molecule has 1 aromatic heterocycles. The molecule has 0 saturated carbocycles. The number of nitrogens with one attached hydrogen (secondary N) is 1. The van der Waals surface area contributed by atoms with Crippen LogP contribution in [0.25, 0.3) is 0 Å². The maximum atomic E-state index is 12.1. The fourth-order valence-corrected chi connectivity index (χ4v) is 2.41. The van der Waals surface area contributed by atoms with Crippen LogP contribution in [0.4, 0.5) is 5.88 Å². The molecule has 0 atom stereocenters. The van der Waals surface area contributed by atoms with Gasteiger partial charge in [-0.25, -0.2) is 9.59 Å². The number of benzene rings is 1. The maximum Gasteiger partial charge on any atom is 0.342 e. The Kier molecular flexibility index (Phi) is 6.78. The van der Waals surface area contributed by atoms with Crippen molar-refractivity contribution < 1.29 is 33.1 Å². The largest absolute Gasteiger partial charge is 0.462 e. The highest BCUT2D eigenvalue weighted by Gasteiger charge is 2.29. The molecule has 1 heterocycles. The van der Waals surface area contributed by atoms with Gasteiger partial charge in [-0.2, -0.15) is 0 Å². The van der Waals surface area contributed by atoms with Gasteiger partial charge in [0.05, 0.1) is 12.2 Å². The Morgan fingerprint density at radius 3 is 2.29 bits per heavy atom. The van der Waals surface area contributed by atoms with E-state index in [9.17, 15) is 19.2 Å². The van der Waals surface area contributed by atoms with Crippen molar-refractivity contribution in [2.24, 2.45) is 5.73 Å². The van der Waals surface area contributed by atoms with Crippen molar-refractivity contribution in [3.63, 3.8) is 0 Å². The van der Waals surface area contributed by atoms with Gasteiger partial charge in [0, 0.05) is 5.02 Å². The first-order valence-electron chi connectivity index (χ1n) is 8.07. The van der Waals surface area contributed by atoms with Crippen LogP contribution in [-0.2, 0) is 14.3 Å². The molecule has 1 aromatic carbocycles. The summed E-state index contributed by atoms with van der Waals surface area (Å²) in [6, 6.07) is 5.88. The quantitative estimate of drug-likeness (QED) is 0.670. The van der Waals surface area contributed by atoms with E-state index in [0.717, 1.165) is 0 Å². The number of carbonyl (C=O) groups is 4. The SMILES string of the molecule is CCOC(=O)c1c(C)oc(NC(=O)COC(=O)c2ccc(Cl)cc2)c1C(N)=O. The van der Waals surface area contributed by atoms with Gasteiger partial charge in [-0.15, -0.1) is 0 Å². The van der Waals surface area contributed by atoms with Gasteiger partial charge < -0.3 is 19.6 Å². The number of ether oxygens (including phenoxy) is 2. The predicted molar refractivity (Wildman–Crippen MR) is 98.3 cm³/mol. The van der Waals surface area contributed by atoms with Gasteiger partial charge in [0.2, 0.25) is 5.88 Å². The van der Waals surface area contributed by atoms with Crippen LogP contribution in [0, 0.1) is 6.92 Å². The molecule has 0 spiro atoms. The molecule has 0 aliphatic carbocycles. The Hall–Kier alpha value is -3.33. The van der Waals surface area contributed by atoms with E-state index in [1.807, 2.05) is 0 Å². The predicted octanol–water partition coefficient (Wildman–Crippen LogP) is 2.31. The number of aryl methyl sites for hydroxylation is 1. The highest BCUT2D eigenvalue weighted by atomic mass is 35.5. The molecule has 28 heavy (non-hydrogen) atoms. The Morgan fingerprint density at radius 1 is 1.07 bits per heavy atom. The summed E-state index contributed by atoms with van der Waals surface area (Å²) < 4.78 is 15.0. The number of hydrogen-bond donors (Lipinski definition) is 2. The highest BCUT2D eigenvalue weighted by Crippen LogP contribution is 2.27. The van der Waals surface area contributed by atoms with Crippen molar-refractivity contribution in [2.45, 2.75) is 13.8 Å². The van der Waals surface area contributed by atoms with Crippen LogP contribution >= 0.6 is 11.6 Å². The molecule has 0 radical (unpaired) electrons. The first-order valence-corrected chi connectivity index (χ1v) is 8.45. The topological polar surface area (TPSA) is 138 Å². The number of carbonyl (C=O) groups excluding carboxylic acids is 4. The van der Waals surface area contributed by atoms with Gasteiger partial charge in [0.25, 0.3) is 11.8 Å². The van der Waals surface area contributed by atoms with Crippen LogP contribution in [-0.4, -0.2) is 37.0 Å². The first-order chi connectivity index (χ1) is 13.2. The summed E-state index contributed by atoms with van der Waals surface area (Å²) in [5.74, 6) is -3.64. The molecule has 0 bridgehead atoms. The molecule has 148 valence electrons. The van der Waals surface area contributed by atoms with Gasteiger partial charge in [-0.3, -0.25) is 14.9 Å². The second kappa shape index (κ2) is 9.05. The van der Waals surface area contributed by atoms with Crippen molar-refractivity contribution in [1.29, 1.82) is 0 Å². The van der Waals surface area contributed by atoms with Gasteiger partial charge in [0.15, 0.2) is 6.61 Å². The van der Waals surface area contributed by atoms with Gasteiger partial charge in [0.1, 0.15) is 16.9 Å². The minimum absolute atomic E-state index is 0.0423. The standard InChI is InChI=1S/C18H17ClN2O7/c1-3-26-18(25)13-9(2)28-16(14(13)15(20)23)21-12(22)8-27-17(24)10-4-6-11(19)7-5-10/h4-7H,3,8H2,1-2H3,(H2,20,23)(H,21,22). The Bertz CT molecular complexity index is 919. The number of halogens is 1. The van der Waals surface area contributed by atoms with Crippen molar-refractivity contribution in [3.8, 4) is 0 Å². The molecule has 3 N–H and O–H groups in total. The average molecular weight is 409 g/mol. The van der Waals surface area contributed by atoms with E-state index in [-0.39, 0.29) is 34.9 Å². The van der Waals surface area contributed by atoms with Gasteiger partial charge in [-0.05, 0) is 38.1 Å². The number of hydrogen-bond acceptors (Lipinski definition) is 7. The second-order valence-corrected chi connectivity index (χ2v) is 5.89. The molecule has 2 aromatic rings. The first kappa shape index (κ1) is 21.0. The molecule has 0 unspecified atom stereocenters. The zero-order chi connectivity index (χ0) is 20.8. The number of amides is 2. The molecule has 10 heteroatoms.